The molecule has 3 N–H and O–H groups in total. The van der Waals surface area contributed by atoms with Gasteiger partial charge in [-0.1, -0.05) is 29.8 Å². The van der Waals surface area contributed by atoms with E-state index in [1.807, 2.05) is 19.1 Å². The number of hydrogen-bond donors (Lipinski definition) is 3. The van der Waals surface area contributed by atoms with Gasteiger partial charge in [-0.3, -0.25) is 14.7 Å². The lowest BCUT2D eigenvalue weighted by molar-refractivity contribution is 0.0961. The highest BCUT2D eigenvalue weighted by molar-refractivity contribution is 6.30. The summed E-state index contributed by atoms with van der Waals surface area (Å²) in [5.41, 5.74) is 3.70. The van der Waals surface area contributed by atoms with Crippen molar-refractivity contribution in [2.24, 2.45) is 0 Å². The monoisotopic (exact) mass is 368 g/mol. The number of aryl methyl sites for hydroxylation is 1. The van der Waals surface area contributed by atoms with Crippen molar-refractivity contribution < 1.29 is 9.59 Å². The molecule has 0 bridgehead atoms. The summed E-state index contributed by atoms with van der Waals surface area (Å²) in [5, 5.41) is 12.9. The van der Waals surface area contributed by atoms with Crippen molar-refractivity contribution in [3.05, 3.63) is 70.4 Å². The summed E-state index contributed by atoms with van der Waals surface area (Å²) >= 11 is 5.88. The van der Waals surface area contributed by atoms with Crippen LogP contribution < -0.4 is 10.6 Å². The van der Waals surface area contributed by atoms with Crippen LogP contribution in [0, 0.1) is 6.92 Å². The number of amides is 2. The largest absolute Gasteiger partial charge is 0.355 e. The Morgan fingerprint density at radius 2 is 1.77 bits per heavy atom. The minimum Gasteiger partial charge on any atom is -0.355 e. The zero-order chi connectivity index (χ0) is 18.7. The number of carbonyl (C=O) groups excluding carboxylic acids is 2. The van der Waals surface area contributed by atoms with E-state index >= 15 is 0 Å². The summed E-state index contributed by atoms with van der Waals surface area (Å²) in [7, 11) is 1.56. The number of halogens is 1. The Morgan fingerprint density at radius 1 is 1.04 bits per heavy atom. The lowest BCUT2D eigenvalue weighted by atomic mass is 10.1. The molecule has 132 valence electrons. The zero-order valence-corrected chi connectivity index (χ0v) is 15.0. The van der Waals surface area contributed by atoms with Gasteiger partial charge in [0, 0.05) is 28.9 Å². The van der Waals surface area contributed by atoms with Crippen LogP contribution in [0.3, 0.4) is 0 Å². The van der Waals surface area contributed by atoms with Gasteiger partial charge in [0.05, 0.1) is 5.69 Å². The second-order valence-corrected chi connectivity index (χ2v) is 6.17. The maximum absolute atomic E-state index is 12.5. The van der Waals surface area contributed by atoms with Gasteiger partial charge in [-0.15, -0.1) is 0 Å². The molecule has 3 rings (SSSR count). The van der Waals surface area contributed by atoms with Crippen LogP contribution in [0.15, 0.2) is 48.5 Å². The van der Waals surface area contributed by atoms with Crippen LogP contribution in [0.25, 0.3) is 11.3 Å². The maximum Gasteiger partial charge on any atom is 0.273 e. The number of carbonyl (C=O) groups is 2. The number of benzene rings is 2. The Bertz CT molecular complexity index is 964. The summed E-state index contributed by atoms with van der Waals surface area (Å²) in [6.07, 6.45) is 0. The molecular formula is C19H17ClN4O2. The minimum atomic E-state index is -0.338. The second-order valence-electron chi connectivity index (χ2n) is 5.74. The van der Waals surface area contributed by atoms with Gasteiger partial charge in [0.25, 0.3) is 11.8 Å². The van der Waals surface area contributed by atoms with Crippen molar-refractivity contribution in [1.29, 1.82) is 0 Å². The Hall–Kier alpha value is -3.12. The molecule has 1 aromatic heterocycles. The molecule has 0 radical (unpaired) electrons. The highest BCUT2D eigenvalue weighted by Crippen LogP contribution is 2.22. The van der Waals surface area contributed by atoms with Gasteiger partial charge < -0.3 is 10.6 Å². The number of nitrogens with zero attached hydrogens (tertiary/aromatic N) is 1. The molecule has 0 aliphatic heterocycles. The first-order chi connectivity index (χ1) is 12.5. The van der Waals surface area contributed by atoms with Crippen LogP contribution in [-0.2, 0) is 0 Å². The summed E-state index contributed by atoms with van der Waals surface area (Å²) < 4.78 is 0. The van der Waals surface area contributed by atoms with Crippen molar-refractivity contribution in [2.75, 3.05) is 12.4 Å². The van der Waals surface area contributed by atoms with E-state index < -0.39 is 0 Å². The highest BCUT2D eigenvalue weighted by atomic mass is 35.5. The molecule has 0 aliphatic rings. The molecule has 3 aromatic rings. The normalized spacial score (nSPS) is 10.4. The summed E-state index contributed by atoms with van der Waals surface area (Å²) in [6.45, 7) is 1.86. The van der Waals surface area contributed by atoms with E-state index in [9.17, 15) is 9.59 Å². The molecular weight excluding hydrogens is 352 g/mol. The lowest BCUT2D eigenvalue weighted by Crippen LogP contribution is -2.19. The number of rotatable bonds is 4. The quantitative estimate of drug-likeness (QED) is 0.657. The highest BCUT2D eigenvalue weighted by Gasteiger charge is 2.14. The molecule has 0 saturated heterocycles. The molecule has 0 atom stereocenters. The van der Waals surface area contributed by atoms with Crippen LogP contribution in [0.4, 0.5) is 5.69 Å². The van der Waals surface area contributed by atoms with Crippen LogP contribution >= 0.6 is 11.6 Å². The first-order valence-corrected chi connectivity index (χ1v) is 8.31. The van der Waals surface area contributed by atoms with Gasteiger partial charge in [-0.05, 0) is 42.8 Å². The van der Waals surface area contributed by atoms with E-state index in [4.69, 9.17) is 11.6 Å². The Balaban J connectivity index is 1.81. The number of aromatic amines is 1. The molecule has 0 unspecified atom stereocenters. The van der Waals surface area contributed by atoms with Gasteiger partial charge in [-0.25, -0.2) is 0 Å². The minimum absolute atomic E-state index is 0.216. The van der Waals surface area contributed by atoms with Crippen molar-refractivity contribution in [3.8, 4) is 11.3 Å². The van der Waals surface area contributed by atoms with E-state index in [-0.39, 0.29) is 11.8 Å². The van der Waals surface area contributed by atoms with Crippen molar-refractivity contribution in [2.45, 2.75) is 6.92 Å². The molecule has 1 heterocycles. The fraction of sp³-hybridized carbons (Fsp3) is 0.105. The van der Waals surface area contributed by atoms with Crippen LogP contribution in [0.1, 0.15) is 26.4 Å². The number of H-pyrrole nitrogens is 1. The van der Waals surface area contributed by atoms with Crippen molar-refractivity contribution in [1.82, 2.24) is 15.5 Å². The third kappa shape index (κ3) is 3.75. The van der Waals surface area contributed by atoms with Gasteiger partial charge in [0.15, 0.2) is 0 Å². The average molecular weight is 369 g/mol. The van der Waals surface area contributed by atoms with E-state index in [2.05, 4.69) is 20.8 Å². The van der Waals surface area contributed by atoms with E-state index in [0.29, 0.717) is 27.7 Å². The standard InChI is InChI=1S/C19H17ClN4O2/c1-11-3-4-13(18(25)21-2)9-15(11)22-19(26)17-10-16(23-24-17)12-5-7-14(20)8-6-12/h3-10H,1-2H3,(H,21,25)(H,22,26)(H,23,24). The van der Waals surface area contributed by atoms with Crippen molar-refractivity contribution in [3.63, 3.8) is 0 Å². The number of anilines is 1. The Kier molecular flexibility index (Phi) is 5.04. The third-order valence-corrected chi connectivity index (χ3v) is 4.19. The van der Waals surface area contributed by atoms with Crippen LogP contribution in [-0.4, -0.2) is 29.1 Å². The van der Waals surface area contributed by atoms with Gasteiger partial charge >= 0.3 is 0 Å². The molecule has 7 heteroatoms. The molecule has 6 nitrogen and oxygen atoms in total. The molecule has 0 aliphatic carbocycles. The van der Waals surface area contributed by atoms with E-state index in [1.165, 1.54) is 0 Å². The smallest absolute Gasteiger partial charge is 0.273 e. The predicted molar refractivity (Wildman–Crippen MR) is 102 cm³/mol. The van der Waals surface area contributed by atoms with Gasteiger partial charge in [-0.2, -0.15) is 5.10 Å². The average Bonchev–Trinajstić information content (AvgIpc) is 3.13. The Labute approximate surface area is 155 Å². The lowest BCUT2D eigenvalue weighted by Gasteiger charge is -2.09. The first-order valence-electron chi connectivity index (χ1n) is 7.93. The van der Waals surface area contributed by atoms with Crippen LogP contribution in [0.2, 0.25) is 5.02 Å². The first kappa shape index (κ1) is 17.7. The maximum atomic E-state index is 12.5. The molecule has 0 spiro atoms. The summed E-state index contributed by atoms with van der Waals surface area (Å²) in [4.78, 5) is 24.3. The molecule has 0 fully saturated rings. The summed E-state index contributed by atoms with van der Waals surface area (Å²) in [5.74, 6) is -0.554. The molecule has 2 amide bonds. The number of aromatic nitrogens is 2. The molecule has 0 saturated carbocycles. The fourth-order valence-corrected chi connectivity index (χ4v) is 2.56. The topological polar surface area (TPSA) is 86.9 Å². The summed E-state index contributed by atoms with van der Waals surface area (Å²) in [6, 6.07) is 14.0. The van der Waals surface area contributed by atoms with Crippen molar-refractivity contribution >= 4 is 29.1 Å². The molecule has 2 aromatic carbocycles. The van der Waals surface area contributed by atoms with E-state index in [0.717, 1.165) is 11.1 Å². The second kappa shape index (κ2) is 7.41. The van der Waals surface area contributed by atoms with Crippen LogP contribution in [0.5, 0.6) is 0 Å². The number of hydrogen-bond acceptors (Lipinski definition) is 3. The third-order valence-electron chi connectivity index (χ3n) is 3.94. The molecule has 26 heavy (non-hydrogen) atoms. The Morgan fingerprint density at radius 3 is 2.46 bits per heavy atom. The van der Waals surface area contributed by atoms with Gasteiger partial charge in [0.1, 0.15) is 5.69 Å². The van der Waals surface area contributed by atoms with Gasteiger partial charge in [0.2, 0.25) is 0 Å². The predicted octanol–water partition coefficient (Wildman–Crippen LogP) is 3.65. The number of nitrogens with one attached hydrogen (secondary N) is 3. The SMILES string of the molecule is CNC(=O)c1ccc(C)c(NC(=O)c2cc(-c3ccc(Cl)cc3)n[nH]2)c1. The fourth-order valence-electron chi connectivity index (χ4n) is 2.44. The zero-order valence-electron chi connectivity index (χ0n) is 14.3. The van der Waals surface area contributed by atoms with E-state index in [1.54, 1.807) is 43.4 Å².